The maximum absolute atomic E-state index is 12.6. The number of phenols is 1. The summed E-state index contributed by atoms with van der Waals surface area (Å²) in [4.78, 5) is 37.5. The van der Waals surface area contributed by atoms with E-state index < -0.39 is 29.9 Å². The van der Waals surface area contributed by atoms with Crippen molar-refractivity contribution in [1.82, 2.24) is 5.32 Å². The number of amides is 3. The fraction of sp³-hybridized carbons (Fsp3) is 0.115. The molecule has 186 valence electrons. The van der Waals surface area contributed by atoms with E-state index in [1.807, 2.05) is 0 Å². The summed E-state index contributed by atoms with van der Waals surface area (Å²) in [6.45, 7) is 1.70. The monoisotopic (exact) mass is 615 g/mol. The minimum absolute atomic E-state index is 0.146. The second kappa shape index (κ2) is 12.4. The molecule has 0 spiro atoms. The van der Waals surface area contributed by atoms with E-state index in [4.69, 9.17) is 10.5 Å². The van der Waals surface area contributed by atoms with E-state index in [1.54, 1.807) is 73.7 Å². The van der Waals surface area contributed by atoms with Crippen LogP contribution in [0.4, 0.5) is 16.2 Å². The molecular weight excluding hydrogens is 594 g/mol. The number of ether oxygens (including phenoxy) is 1. The Morgan fingerprint density at radius 2 is 1.69 bits per heavy atom. The van der Waals surface area contributed by atoms with Gasteiger partial charge in [-0.2, -0.15) is 0 Å². The molecule has 3 aromatic rings. The lowest BCUT2D eigenvalue weighted by molar-refractivity contribution is -0.111. The number of carbonyl (C=O) groups excluding carboxylic acids is 3. The predicted molar refractivity (Wildman–Crippen MR) is 144 cm³/mol. The van der Waals surface area contributed by atoms with Gasteiger partial charge in [-0.25, -0.2) is 4.79 Å². The van der Waals surface area contributed by atoms with Crippen LogP contribution in [0.15, 0.2) is 87.8 Å². The van der Waals surface area contributed by atoms with Gasteiger partial charge in [0.15, 0.2) is 0 Å². The molecule has 8 nitrogen and oxygen atoms in total. The second-order valence-corrected chi connectivity index (χ2v) is 9.54. The maximum Gasteiger partial charge on any atom is 0.414 e. The molecular formula is C26H23Br2N3O5. The molecule has 0 aliphatic carbocycles. The fourth-order valence-electron chi connectivity index (χ4n) is 3.28. The highest BCUT2D eigenvalue weighted by atomic mass is 79.9. The van der Waals surface area contributed by atoms with Crippen molar-refractivity contribution in [2.45, 2.75) is 13.0 Å². The van der Waals surface area contributed by atoms with Gasteiger partial charge < -0.3 is 20.9 Å². The molecule has 10 heteroatoms. The van der Waals surface area contributed by atoms with Crippen molar-refractivity contribution in [2.24, 2.45) is 5.92 Å². The molecule has 0 radical (unpaired) electrons. The summed E-state index contributed by atoms with van der Waals surface area (Å²) >= 11 is 6.64. The summed E-state index contributed by atoms with van der Waals surface area (Å²) < 4.78 is 6.56. The van der Waals surface area contributed by atoms with Crippen LogP contribution in [-0.2, 0) is 9.53 Å². The van der Waals surface area contributed by atoms with Gasteiger partial charge in [0.1, 0.15) is 11.9 Å². The SMILES string of the molecule is C[C@H](/C=C/C(=O)Nc1ccccc1N)[C@H](OC(=O)NC(=O)c1ccccc1)c1cc(Br)cc(Br)c1O. The Balaban J connectivity index is 1.81. The first-order chi connectivity index (χ1) is 17.2. The Bertz CT molecular complexity index is 1300. The molecule has 0 bridgehead atoms. The molecule has 0 aliphatic heterocycles. The van der Waals surface area contributed by atoms with Crippen LogP contribution < -0.4 is 16.4 Å². The first-order valence-corrected chi connectivity index (χ1v) is 12.3. The van der Waals surface area contributed by atoms with Gasteiger partial charge in [0.25, 0.3) is 5.91 Å². The molecule has 2 atom stereocenters. The zero-order valence-corrected chi connectivity index (χ0v) is 22.2. The molecule has 0 aliphatic rings. The number of aromatic hydroxyl groups is 1. The van der Waals surface area contributed by atoms with Gasteiger partial charge in [0, 0.05) is 21.5 Å². The van der Waals surface area contributed by atoms with Crippen molar-refractivity contribution in [3.05, 3.63) is 99.0 Å². The summed E-state index contributed by atoms with van der Waals surface area (Å²) in [6.07, 6.45) is 0.754. The lowest BCUT2D eigenvalue weighted by Crippen LogP contribution is -2.33. The van der Waals surface area contributed by atoms with Gasteiger partial charge in [-0.05, 0) is 58.4 Å². The highest BCUT2D eigenvalue weighted by Gasteiger charge is 2.27. The standard InChI is InChI=1S/C26H23Br2N3O5/c1-15(11-12-22(32)30-21-10-6-5-9-20(21)29)24(18-13-17(27)14-19(28)23(18)33)36-26(35)31-25(34)16-7-3-2-4-8-16/h2-15,24,33H,29H2,1H3,(H,30,32)(H,31,34,35)/b12-11+/t15-,24+/m1/s1. The van der Waals surface area contributed by atoms with Crippen LogP contribution in [0.5, 0.6) is 5.75 Å². The second-order valence-electron chi connectivity index (χ2n) is 7.77. The largest absolute Gasteiger partial charge is 0.506 e. The Hall–Kier alpha value is -3.63. The third kappa shape index (κ3) is 7.19. The number of halogens is 2. The number of hydrogen-bond donors (Lipinski definition) is 4. The summed E-state index contributed by atoms with van der Waals surface area (Å²) in [5.41, 5.74) is 7.28. The van der Waals surface area contributed by atoms with Gasteiger partial charge in [-0.1, -0.05) is 59.3 Å². The van der Waals surface area contributed by atoms with E-state index in [9.17, 15) is 19.5 Å². The Labute approximate surface area is 224 Å². The van der Waals surface area contributed by atoms with Crippen molar-refractivity contribution >= 4 is 61.1 Å². The summed E-state index contributed by atoms with van der Waals surface area (Å²) in [6, 6.07) is 18.2. The number of nitrogens with two attached hydrogens (primary N) is 1. The minimum Gasteiger partial charge on any atom is -0.506 e. The number of benzene rings is 3. The van der Waals surface area contributed by atoms with Crippen molar-refractivity contribution in [2.75, 3.05) is 11.1 Å². The van der Waals surface area contributed by atoms with Crippen LogP contribution in [-0.4, -0.2) is 23.0 Å². The van der Waals surface area contributed by atoms with Crippen molar-refractivity contribution in [3.63, 3.8) is 0 Å². The average molecular weight is 617 g/mol. The summed E-state index contributed by atoms with van der Waals surface area (Å²) in [5, 5.41) is 15.5. The van der Waals surface area contributed by atoms with Crippen LogP contribution in [0.25, 0.3) is 0 Å². The molecule has 0 saturated carbocycles. The van der Waals surface area contributed by atoms with E-state index in [0.29, 0.717) is 20.3 Å². The van der Waals surface area contributed by atoms with Crippen molar-refractivity contribution in [1.29, 1.82) is 0 Å². The van der Waals surface area contributed by atoms with E-state index >= 15 is 0 Å². The number of phenolic OH excluding ortho intramolecular Hbond substituents is 1. The molecule has 0 fully saturated rings. The highest BCUT2D eigenvalue weighted by molar-refractivity contribution is 9.11. The molecule has 0 saturated heterocycles. The minimum atomic E-state index is -1.05. The quantitative estimate of drug-likeness (QED) is 0.192. The molecule has 0 heterocycles. The van der Waals surface area contributed by atoms with E-state index in [-0.39, 0.29) is 16.9 Å². The topological polar surface area (TPSA) is 131 Å². The highest BCUT2D eigenvalue weighted by Crippen LogP contribution is 2.40. The number of alkyl carbamates (subject to hydrolysis) is 1. The fourth-order valence-corrected chi connectivity index (χ4v) is 4.54. The van der Waals surface area contributed by atoms with Gasteiger partial charge in [0.2, 0.25) is 5.91 Å². The average Bonchev–Trinajstić information content (AvgIpc) is 2.85. The summed E-state index contributed by atoms with van der Waals surface area (Å²) in [5.74, 6) is -1.82. The number of nitrogen functional groups attached to an aromatic ring is 1. The summed E-state index contributed by atoms with van der Waals surface area (Å²) in [7, 11) is 0. The Morgan fingerprint density at radius 1 is 1.03 bits per heavy atom. The number of hydrogen-bond acceptors (Lipinski definition) is 6. The predicted octanol–water partition coefficient (Wildman–Crippen LogP) is 5.94. The van der Waals surface area contributed by atoms with Crippen LogP contribution >= 0.6 is 31.9 Å². The molecule has 3 amide bonds. The number of carbonyl (C=O) groups is 3. The van der Waals surface area contributed by atoms with Gasteiger partial charge in [0.05, 0.1) is 15.8 Å². The first-order valence-electron chi connectivity index (χ1n) is 10.7. The van der Waals surface area contributed by atoms with Gasteiger partial charge >= 0.3 is 6.09 Å². The third-order valence-corrected chi connectivity index (χ3v) is 6.16. The van der Waals surface area contributed by atoms with Crippen LogP contribution in [0.1, 0.15) is 28.9 Å². The lowest BCUT2D eigenvalue weighted by atomic mass is 9.96. The zero-order chi connectivity index (χ0) is 26.2. The maximum atomic E-state index is 12.6. The van der Waals surface area contributed by atoms with E-state index in [2.05, 4.69) is 42.5 Å². The van der Waals surface area contributed by atoms with Crippen molar-refractivity contribution in [3.8, 4) is 5.75 Å². The smallest absolute Gasteiger partial charge is 0.414 e. The number of rotatable bonds is 7. The molecule has 3 aromatic carbocycles. The van der Waals surface area contributed by atoms with Crippen LogP contribution in [0.3, 0.4) is 0 Å². The normalized spacial score (nSPS) is 12.5. The lowest BCUT2D eigenvalue weighted by Gasteiger charge is -2.24. The number of para-hydroxylation sites is 2. The zero-order valence-electron chi connectivity index (χ0n) is 19.1. The molecule has 0 aromatic heterocycles. The number of nitrogens with one attached hydrogen (secondary N) is 2. The first kappa shape index (κ1) is 27.0. The number of anilines is 2. The third-order valence-electron chi connectivity index (χ3n) is 5.10. The van der Waals surface area contributed by atoms with E-state index in [1.165, 1.54) is 12.2 Å². The van der Waals surface area contributed by atoms with Crippen LogP contribution in [0.2, 0.25) is 0 Å². The van der Waals surface area contributed by atoms with Crippen LogP contribution in [0, 0.1) is 5.92 Å². The van der Waals surface area contributed by atoms with Gasteiger partial charge in [-0.3, -0.25) is 14.9 Å². The molecule has 36 heavy (non-hydrogen) atoms. The number of imide groups is 1. The molecule has 0 unspecified atom stereocenters. The van der Waals surface area contributed by atoms with E-state index in [0.717, 1.165) is 0 Å². The Kier molecular flexibility index (Phi) is 9.26. The van der Waals surface area contributed by atoms with Gasteiger partial charge in [-0.15, -0.1) is 0 Å². The Morgan fingerprint density at radius 3 is 2.39 bits per heavy atom. The molecule has 3 rings (SSSR count). The van der Waals surface area contributed by atoms with Crippen molar-refractivity contribution < 1.29 is 24.2 Å². The molecule has 5 N–H and O–H groups in total.